The van der Waals surface area contributed by atoms with Gasteiger partial charge in [-0.3, -0.25) is 9.80 Å². The number of benzene rings is 1. The van der Waals surface area contributed by atoms with Crippen molar-refractivity contribution in [2.45, 2.75) is 26.7 Å². The minimum Gasteiger partial charge on any atom is -0.383 e. The van der Waals surface area contributed by atoms with Gasteiger partial charge < -0.3 is 9.30 Å². The maximum absolute atomic E-state index is 5.50. The van der Waals surface area contributed by atoms with Crippen LogP contribution in [0.15, 0.2) is 30.6 Å². The molecule has 2 aromatic rings. The fraction of sp³-hybridized carbons (Fsp3) is 0.556. The molecule has 0 atom stereocenters. The second-order valence-electron chi connectivity index (χ2n) is 6.62. The lowest BCUT2D eigenvalue weighted by Gasteiger charge is -2.34. The van der Waals surface area contributed by atoms with Gasteiger partial charge in [-0.1, -0.05) is 29.8 Å². The molecule has 1 fully saturated rings. The Labute approximate surface area is 154 Å². The molecule has 1 saturated heterocycles. The van der Waals surface area contributed by atoms with E-state index in [4.69, 9.17) is 17.0 Å². The van der Waals surface area contributed by atoms with Crippen LogP contribution in [0.25, 0.3) is 0 Å². The van der Waals surface area contributed by atoms with Gasteiger partial charge in [0.2, 0.25) is 0 Å². The predicted molar refractivity (Wildman–Crippen MR) is 101 cm³/mol. The van der Waals surface area contributed by atoms with E-state index in [1.165, 1.54) is 11.1 Å². The summed E-state index contributed by atoms with van der Waals surface area (Å²) >= 11 is 5.50. The van der Waals surface area contributed by atoms with Crippen LogP contribution in [-0.4, -0.2) is 64.0 Å². The third kappa shape index (κ3) is 4.98. The van der Waals surface area contributed by atoms with Gasteiger partial charge in [-0.05, 0) is 24.7 Å². The highest BCUT2D eigenvalue weighted by Gasteiger charge is 2.18. The fourth-order valence-corrected chi connectivity index (χ4v) is 3.40. The number of aryl methyl sites for hydroxylation is 1. The van der Waals surface area contributed by atoms with Crippen LogP contribution < -0.4 is 0 Å². The molecule has 3 rings (SSSR count). The van der Waals surface area contributed by atoms with Gasteiger partial charge >= 0.3 is 0 Å². The van der Waals surface area contributed by atoms with E-state index >= 15 is 0 Å². The molecule has 2 heterocycles. The van der Waals surface area contributed by atoms with E-state index in [2.05, 4.69) is 46.1 Å². The fourth-order valence-electron chi connectivity index (χ4n) is 3.16. The highest BCUT2D eigenvalue weighted by molar-refractivity contribution is 7.71. The van der Waals surface area contributed by atoms with Gasteiger partial charge in [-0.25, -0.2) is 4.68 Å². The molecule has 1 aliphatic rings. The zero-order valence-corrected chi connectivity index (χ0v) is 15.9. The number of methoxy groups -OCH3 is 1. The molecule has 1 aliphatic heterocycles. The maximum Gasteiger partial charge on any atom is 0.198 e. The molecule has 6 nitrogen and oxygen atoms in total. The topological polar surface area (TPSA) is 38.5 Å². The summed E-state index contributed by atoms with van der Waals surface area (Å²) in [5, 5.41) is 4.42. The van der Waals surface area contributed by atoms with Crippen LogP contribution in [0.5, 0.6) is 0 Å². The van der Waals surface area contributed by atoms with Gasteiger partial charge in [0.1, 0.15) is 6.33 Å². The number of piperazine rings is 1. The van der Waals surface area contributed by atoms with E-state index in [0.29, 0.717) is 6.61 Å². The highest BCUT2D eigenvalue weighted by atomic mass is 32.1. The van der Waals surface area contributed by atoms with Gasteiger partial charge in [0.15, 0.2) is 4.77 Å². The van der Waals surface area contributed by atoms with Crippen molar-refractivity contribution < 1.29 is 4.74 Å². The van der Waals surface area contributed by atoms with Crippen LogP contribution in [0.2, 0.25) is 0 Å². The van der Waals surface area contributed by atoms with Crippen LogP contribution >= 0.6 is 12.2 Å². The zero-order valence-electron chi connectivity index (χ0n) is 15.1. The Morgan fingerprint density at radius 1 is 1.16 bits per heavy atom. The number of hydrogen-bond acceptors (Lipinski definition) is 5. The number of hydrogen-bond donors (Lipinski definition) is 0. The summed E-state index contributed by atoms with van der Waals surface area (Å²) in [6, 6.07) is 8.78. The molecular weight excluding hydrogens is 334 g/mol. The minimum atomic E-state index is 0.650. The monoisotopic (exact) mass is 361 g/mol. The second kappa shape index (κ2) is 8.71. The molecule has 0 unspecified atom stereocenters. The molecule has 136 valence electrons. The first-order valence-corrected chi connectivity index (χ1v) is 9.18. The number of rotatable bonds is 7. The molecule has 0 bridgehead atoms. The first-order chi connectivity index (χ1) is 12.2. The van der Waals surface area contributed by atoms with Crippen LogP contribution in [0.4, 0.5) is 0 Å². The first-order valence-electron chi connectivity index (χ1n) is 8.77. The van der Waals surface area contributed by atoms with Gasteiger partial charge in [0, 0.05) is 46.4 Å². The van der Waals surface area contributed by atoms with Gasteiger partial charge in [-0.15, -0.1) is 0 Å². The Balaban J connectivity index is 1.49. The summed E-state index contributed by atoms with van der Waals surface area (Å²) in [5.41, 5.74) is 2.72. The Kier molecular flexibility index (Phi) is 6.36. The van der Waals surface area contributed by atoms with E-state index in [1.807, 2.05) is 9.25 Å². The lowest BCUT2D eigenvalue weighted by molar-refractivity contribution is 0.0979. The Bertz CT molecular complexity index is 733. The van der Waals surface area contributed by atoms with Crippen molar-refractivity contribution in [3.05, 3.63) is 46.5 Å². The molecule has 1 aromatic carbocycles. The third-order valence-corrected chi connectivity index (χ3v) is 5.07. The summed E-state index contributed by atoms with van der Waals surface area (Å²) in [6.45, 7) is 9.57. The molecular formula is C18H27N5OS. The van der Waals surface area contributed by atoms with Crippen molar-refractivity contribution in [1.29, 1.82) is 0 Å². The first kappa shape index (κ1) is 18.3. The summed E-state index contributed by atoms with van der Waals surface area (Å²) in [7, 11) is 1.70. The summed E-state index contributed by atoms with van der Waals surface area (Å²) in [6.07, 6.45) is 1.80. The van der Waals surface area contributed by atoms with Crippen molar-refractivity contribution in [2.24, 2.45) is 0 Å². The van der Waals surface area contributed by atoms with Crippen molar-refractivity contribution in [1.82, 2.24) is 24.1 Å². The molecule has 0 aliphatic carbocycles. The van der Waals surface area contributed by atoms with E-state index < -0.39 is 0 Å². The molecule has 0 spiro atoms. The minimum absolute atomic E-state index is 0.650. The van der Waals surface area contributed by atoms with Crippen molar-refractivity contribution >= 4 is 12.2 Å². The number of ether oxygens (including phenoxy) is 1. The molecule has 0 saturated carbocycles. The molecule has 0 N–H and O–H groups in total. The third-order valence-electron chi connectivity index (χ3n) is 4.62. The van der Waals surface area contributed by atoms with Crippen LogP contribution in [0.3, 0.4) is 0 Å². The van der Waals surface area contributed by atoms with Crippen LogP contribution in [-0.2, 0) is 24.5 Å². The predicted octanol–water partition coefficient (Wildman–Crippen LogP) is 2.14. The Morgan fingerprint density at radius 3 is 2.64 bits per heavy atom. The smallest absolute Gasteiger partial charge is 0.198 e. The lowest BCUT2D eigenvalue weighted by atomic mass is 10.1. The standard InChI is InChI=1S/C18H27N5OS/c1-16-4-3-5-17(12-16)13-20-6-8-21(9-7-20)15-23-18(25)22(14-19-23)10-11-24-2/h3-5,12,14H,6-11,13,15H2,1-2H3. The average molecular weight is 362 g/mol. The van der Waals surface area contributed by atoms with Crippen LogP contribution in [0.1, 0.15) is 11.1 Å². The van der Waals surface area contributed by atoms with Crippen molar-refractivity contribution in [3.8, 4) is 0 Å². The average Bonchev–Trinajstić information content (AvgIpc) is 2.95. The zero-order chi connectivity index (χ0) is 17.6. The number of nitrogens with zero attached hydrogens (tertiary/aromatic N) is 5. The van der Waals surface area contributed by atoms with Gasteiger partial charge in [0.05, 0.1) is 13.3 Å². The van der Waals surface area contributed by atoms with Gasteiger partial charge in [-0.2, -0.15) is 5.10 Å². The Hall–Kier alpha value is -1.54. The normalized spacial score (nSPS) is 16.4. The molecule has 1 aromatic heterocycles. The van der Waals surface area contributed by atoms with E-state index in [9.17, 15) is 0 Å². The molecule has 0 amide bonds. The van der Waals surface area contributed by atoms with Crippen molar-refractivity contribution in [2.75, 3.05) is 39.9 Å². The quantitative estimate of drug-likeness (QED) is 0.707. The molecule has 0 radical (unpaired) electrons. The van der Waals surface area contributed by atoms with E-state index in [1.54, 1.807) is 13.4 Å². The van der Waals surface area contributed by atoms with Gasteiger partial charge in [0.25, 0.3) is 0 Å². The molecule has 7 heteroatoms. The maximum atomic E-state index is 5.50. The largest absolute Gasteiger partial charge is 0.383 e. The van der Waals surface area contributed by atoms with Crippen molar-refractivity contribution in [3.63, 3.8) is 0 Å². The molecule has 25 heavy (non-hydrogen) atoms. The second-order valence-corrected chi connectivity index (χ2v) is 6.99. The van der Waals surface area contributed by atoms with Crippen LogP contribution in [0, 0.1) is 11.7 Å². The summed E-state index contributed by atoms with van der Waals surface area (Å²) < 4.78 is 9.74. The van der Waals surface area contributed by atoms with E-state index in [-0.39, 0.29) is 0 Å². The van der Waals surface area contributed by atoms with E-state index in [0.717, 1.165) is 50.7 Å². The Morgan fingerprint density at radius 2 is 1.92 bits per heavy atom. The SMILES string of the molecule is COCCn1cnn(CN2CCN(Cc3cccc(C)c3)CC2)c1=S. The summed E-state index contributed by atoms with van der Waals surface area (Å²) in [4.78, 5) is 4.93. The highest BCUT2D eigenvalue weighted by Crippen LogP contribution is 2.11. The summed E-state index contributed by atoms with van der Waals surface area (Å²) in [5.74, 6) is 0. The lowest BCUT2D eigenvalue weighted by Crippen LogP contribution is -2.46. The number of aromatic nitrogens is 3.